The molecular weight excluding hydrogens is 394 g/mol. The fourth-order valence-electron chi connectivity index (χ4n) is 3.47. The predicted molar refractivity (Wildman–Crippen MR) is 119 cm³/mol. The highest BCUT2D eigenvalue weighted by Crippen LogP contribution is 2.21. The number of morpholine rings is 1. The quantitative estimate of drug-likeness (QED) is 0.684. The second-order valence-corrected chi connectivity index (χ2v) is 7.39. The molecule has 4 rings (SSSR count). The highest BCUT2D eigenvalue weighted by molar-refractivity contribution is 5.94. The van der Waals surface area contributed by atoms with Crippen LogP contribution in [-0.2, 0) is 18.2 Å². The molecule has 31 heavy (non-hydrogen) atoms. The van der Waals surface area contributed by atoms with E-state index in [1.807, 2.05) is 12.1 Å². The van der Waals surface area contributed by atoms with Gasteiger partial charge in [-0.05, 0) is 36.2 Å². The van der Waals surface area contributed by atoms with Crippen molar-refractivity contribution >= 4 is 17.4 Å². The van der Waals surface area contributed by atoms with Crippen molar-refractivity contribution in [3.05, 3.63) is 70.1 Å². The van der Waals surface area contributed by atoms with Crippen LogP contribution >= 0.6 is 0 Å². The van der Waals surface area contributed by atoms with E-state index in [-0.39, 0.29) is 11.5 Å². The molecule has 0 radical (unpaired) electrons. The lowest BCUT2D eigenvalue weighted by Crippen LogP contribution is -2.40. The molecular formula is C23H25N5O3. The number of rotatable bonds is 5. The summed E-state index contributed by atoms with van der Waals surface area (Å²) in [6, 6.07) is 13.2. The molecule has 1 aliphatic rings. The third kappa shape index (κ3) is 4.64. The van der Waals surface area contributed by atoms with Gasteiger partial charge < -0.3 is 15.0 Å². The molecule has 0 bridgehead atoms. The summed E-state index contributed by atoms with van der Waals surface area (Å²) in [6.45, 7) is 4.35. The number of hydrogen-bond acceptors (Lipinski definition) is 6. The molecule has 0 atom stereocenters. The van der Waals surface area contributed by atoms with E-state index in [1.54, 1.807) is 30.1 Å². The van der Waals surface area contributed by atoms with Gasteiger partial charge in [0.25, 0.3) is 11.5 Å². The summed E-state index contributed by atoms with van der Waals surface area (Å²) in [5.74, 6) is 0.412. The lowest BCUT2D eigenvalue weighted by atomic mass is 10.1. The Morgan fingerprint density at radius 3 is 2.68 bits per heavy atom. The van der Waals surface area contributed by atoms with Gasteiger partial charge in [-0.2, -0.15) is 5.10 Å². The number of carbonyl (C=O) groups excluding carboxylic acids is 1. The van der Waals surface area contributed by atoms with Crippen molar-refractivity contribution in [2.45, 2.75) is 13.3 Å². The molecule has 8 heteroatoms. The fraction of sp³-hybridized carbons (Fsp3) is 0.304. The van der Waals surface area contributed by atoms with Gasteiger partial charge in [0.05, 0.1) is 24.5 Å². The molecule has 8 nitrogen and oxygen atoms in total. The smallest absolute Gasteiger partial charge is 0.290 e. The fourth-order valence-corrected chi connectivity index (χ4v) is 3.47. The first-order valence-corrected chi connectivity index (χ1v) is 10.3. The van der Waals surface area contributed by atoms with Gasteiger partial charge in [0.15, 0.2) is 0 Å². The SMILES string of the molecule is CCc1cccc(-c2cc(Nc3ccc(C(=O)N4CCOCC4)cn3)c(=O)n(C)n2)c1. The van der Waals surface area contributed by atoms with Crippen LogP contribution < -0.4 is 10.9 Å². The molecule has 1 aliphatic heterocycles. The number of aryl methyl sites for hydroxylation is 2. The Balaban J connectivity index is 1.56. The van der Waals surface area contributed by atoms with E-state index in [0.29, 0.717) is 49.1 Å². The number of carbonyl (C=O) groups is 1. The van der Waals surface area contributed by atoms with Gasteiger partial charge in [0, 0.05) is 31.9 Å². The van der Waals surface area contributed by atoms with Crippen molar-refractivity contribution in [1.29, 1.82) is 0 Å². The van der Waals surface area contributed by atoms with Crippen molar-refractivity contribution in [2.75, 3.05) is 31.6 Å². The van der Waals surface area contributed by atoms with E-state index in [4.69, 9.17) is 4.74 Å². The zero-order chi connectivity index (χ0) is 21.8. The zero-order valence-corrected chi connectivity index (χ0v) is 17.7. The van der Waals surface area contributed by atoms with Gasteiger partial charge in [0.2, 0.25) is 0 Å². The highest BCUT2D eigenvalue weighted by atomic mass is 16.5. The minimum absolute atomic E-state index is 0.0692. The Bertz CT molecular complexity index is 1130. The summed E-state index contributed by atoms with van der Waals surface area (Å²) in [5.41, 5.74) is 3.45. The number of hydrogen-bond donors (Lipinski definition) is 1. The molecule has 0 spiro atoms. The molecule has 3 aromatic rings. The lowest BCUT2D eigenvalue weighted by molar-refractivity contribution is 0.0302. The van der Waals surface area contributed by atoms with E-state index in [1.165, 1.54) is 16.4 Å². The van der Waals surface area contributed by atoms with Crippen molar-refractivity contribution < 1.29 is 9.53 Å². The average Bonchev–Trinajstić information content (AvgIpc) is 2.82. The van der Waals surface area contributed by atoms with E-state index in [0.717, 1.165) is 12.0 Å². The average molecular weight is 419 g/mol. The highest BCUT2D eigenvalue weighted by Gasteiger charge is 2.19. The number of benzene rings is 1. The maximum absolute atomic E-state index is 12.6. The standard InChI is InChI=1S/C23H25N5O3/c1-3-16-5-4-6-17(13-16)19-14-20(23(30)27(2)26-19)25-21-8-7-18(15-24-21)22(29)28-9-11-31-12-10-28/h4-8,13-15H,3,9-12H2,1-2H3,(H,24,25). The third-order valence-corrected chi connectivity index (χ3v) is 5.27. The summed E-state index contributed by atoms with van der Waals surface area (Å²) in [7, 11) is 1.62. The number of ether oxygens (including phenoxy) is 1. The van der Waals surface area contributed by atoms with Gasteiger partial charge in [-0.15, -0.1) is 0 Å². The Morgan fingerprint density at radius 1 is 1.16 bits per heavy atom. The maximum atomic E-state index is 12.6. The molecule has 160 valence electrons. The number of pyridine rings is 1. The molecule has 1 saturated heterocycles. The third-order valence-electron chi connectivity index (χ3n) is 5.27. The second kappa shape index (κ2) is 9.09. The van der Waals surface area contributed by atoms with Crippen molar-refractivity contribution in [3.63, 3.8) is 0 Å². The van der Waals surface area contributed by atoms with E-state index in [9.17, 15) is 9.59 Å². The molecule has 1 fully saturated rings. The first-order valence-electron chi connectivity index (χ1n) is 10.3. The molecule has 3 heterocycles. The maximum Gasteiger partial charge on any atom is 0.290 e. The van der Waals surface area contributed by atoms with Crippen LogP contribution in [0, 0.1) is 0 Å². The van der Waals surface area contributed by atoms with E-state index < -0.39 is 0 Å². The topological polar surface area (TPSA) is 89.4 Å². The van der Waals surface area contributed by atoms with Crippen LogP contribution in [0.25, 0.3) is 11.3 Å². The van der Waals surface area contributed by atoms with Gasteiger partial charge in [-0.3, -0.25) is 9.59 Å². The van der Waals surface area contributed by atoms with Crippen molar-refractivity contribution in [2.24, 2.45) is 7.05 Å². The van der Waals surface area contributed by atoms with Gasteiger partial charge >= 0.3 is 0 Å². The molecule has 1 amide bonds. The number of aromatic nitrogens is 3. The first-order chi connectivity index (χ1) is 15.0. The summed E-state index contributed by atoms with van der Waals surface area (Å²) >= 11 is 0. The zero-order valence-electron chi connectivity index (χ0n) is 17.7. The van der Waals surface area contributed by atoms with Gasteiger partial charge in [-0.1, -0.05) is 25.1 Å². The van der Waals surface area contributed by atoms with Crippen LogP contribution in [0.3, 0.4) is 0 Å². The van der Waals surface area contributed by atoms with Crippen LogP contribution in [0.1, 0.15) is 22.8 Å². The van der Waals surface area contributed by atoms with Crippen LogP contribution in [0.4, 0.5) is 11.5 Å². The minimum atomic E-state index is -0.259. The summed E-state index contributed by atoms with van der Waals surface area (Å²) < 4.78 is 6.60. The molecule has 1 N–H and O–H groups in total. The Hall–Kier alpha value is -3.52. The van der Waals surface area contributed by atoms with Crippen molar-refractivity contribution in [3.8, 4) is 11.3 Å². The lowest BCUT2D eigenvalue weighted by Gasteiger charge is -2.26. The van der Waals surface area contributed by atoms with Gasteiger partial charge in [0.1, 0.15) is 11.5 Å². The Morgan fingerprint density at radius 2 is 1.97 bits per heavy atom. The monoisotopic (exact) mass is 419 g/mol. The number of amides is 1. The Kier molecular flexibility index (Phi) is 6.08. The molecule has 1 aromatic carbocycles. The first kappa shape index (κ1) is 20.7. The van der Waals surface area contributed by atoms with Crippen molar-refractivity contribution in [1.82, 2.24) is 19.7 Å². The predicted octanol–water partition coefficient (Wildman–Crippen LogP) is 2.62. The minimum Gasteiger partial charge on any atom is -0.378 e. The number of nitrogens with zero attached hydrogens (tertiary/aromatic N) is 4. The van der Waals surface area contributed by atoms with Crippen LogP contribution in [0.5, 0.6) is 0 Å². The molecule has 0 aliphatic carbocycles. The molecule has 2 aromatic heterocycles. The second-order valence-electron chi connectivity index (χ2n) is 7.39. The summed E-state index contributed by atoms with van der Waals surface area (Å²) in [4.78, 5) is 31.3. The van der Waals surface area contributed by atoms with Crippen LogP contribution in [-0.4, -0.2) is 51.9 Å². The largest absolute Gasteiger partial charge is 0.378 e. The van der Waals surface area contributed by atoms with E-state index in [2.05, 4.69) is 34.5 Å². The molecule has 0 saturated carbocycles. The van der Waals surface area contributed by atoms with Crippen LogP contribution in [0.15, 0.2) is 53.5 Å². The summed E-state index contributed by atoms with van der Waals surface area (Å²) in [6.07, 6.45) is 2.45. The molecule has 0 unspecified atom stereocenters. The van der Waals surface area contributed by atoms with E-state index >= 15 is 0 Å². The van der Waals surface area contributed by atoms with Gasteiger partial charge in [-0.25, -0.2) is 9.67 Å². The Labute approximate surface area is 180 Å². The normalized spacial score (nSPS) is 13.8. The van der Waals surface area contributed by atoms with Crippen LogP contribution in [0.2, 0.25) is 0 Å². The number of nitrogens with one attached hydrogen (secondary N) is 1. The summed E-state index contributed by atoms with van der Waals surface area (Å²) in [5, 5.41) is 7.46. The number of anilines is 2.